The molecule has 0 saturated carbocycles. The third kappa shape index (κ3) is 4.57. The van der Waals surface area contributed by atoms with Crippen LogP contribution in [0.5, 0.6) is 5.75 Å². The molecule has 108 valence electrons. The molecule has 4 heteroatoms. The van der Waals surface area contributed by atoms with Crippen LogP contribution in [-0.4, -0.2) is 18.6 Å². The molecule has 1 aliphatic carbocycles. The molecule has 0 spiro atoms. The Hall–Kier alpha value is -1.48. The number of ether oxygens (including phenoxy) is 1. The molecule has 0 aliphatic heterocycles. The molecule has 0 radical (unpaired) electrons. The van der Waals surface area contributed by atoms with Crippen molar-refractivity contribution in [3.05, 3.63) is 40.9 Å². The number of benzene rings is 1. The van der Waals surface area contributed by atoms with E-state index in [4.69, 9.17) is 16.3 Å². The van der Waals surface area contributed by atoms with Crippen molar-refractivity contribution < 1.29 is 9.53 Å². The standard InChI is InChI=1S/C16H20ClNO2/c1-12(20-15-9-5-8-14(17)10-15)16(19)18-11-13-6-3-2-4-7-13/h5-6,8-10,12H,2-4,7,11H2,1H3,(H,18,19)/t12-/m1/s1. The van der Waals surface area contributed by atoms with Crippen molar-refractivity contribution >= 4 is 17.5 Å². The Labute approximate surface area is 125 Å². The van der Waals surface area contributed by atoms with Gasteiger partial charge in [0.1, 0.15) is 5.75 Å². The van der Waals surface area contributed by atoms with Gasteiger partial charge in [0.25, 0.3) is 5.91 Å². The summed E-state index contributed by atoms with van der Waals surface area (Å²) in [6.45, 7) is 2.37. The highest BCUT2D eigenvalue weighted by Gasteiger charge is 2.15. The minimum absolute atomic E-state index is 0.101. The first-order valence-electron chi connectivity index (χ1n) is 7.03. The van der Waals surface area contributed by atoms with Gasteiger partial charge in [-0.2, -0.15) is 0 Å². The number of amides is 1. The summed E-state index contributed by atoms with van der Waals surface area (Å²) in [5.41, 5.74) is 1.32. The van der Waals surface area contributed by atoms with Crippen LogP contribution >= 0.6 is 11.6 Å². The zero-order valence-corrected chi connectivity index (χ0v) is 12.5. The number of carbonyl (C=O) groups is 1. The summed E-state index contributed by atoms with van der Waals surface area (Å²) < 4.78 is 5.58. The van der Waals surface area contributed by atoms with E-state index in [-0.39, 0.29) is 5.91 Å². The normalized spacial score (nSPS) is 16.2. The summed E-state index contributed by atoms with van der Waals surface area (Å²) in [6.07, 6.45) is 6.38. The number of allylic oxidation sites excluding steroid dienone is 1. The van der Waals surface area contributed by atoms with E-state index in [1.54, 1.807) is 31.2 Å². The van der Waals surface area contributed by atoms with Crippen molar-refractivity contribution in [2.75, 3.05) is 6.54 Å². The minimum atomic E-state index is -0.530. The van der Waals surface area contributed by atoms with Gasteiger partial charge in [-0.05, 0) is 50.8 Å². The summed E-state index contributed by atoms with van der Waals surface area (Å²) in [6, 6.07) is 7.07. The van der Waals surface area contributed by atoms with Crippen LogP contribution in [0.3, 0.4) is 0 Å². The molecule has 0 unspecified atom stereocenters. The van der Waals surface area contributed by atoms with Gasteiger partial charge in [-0.15, -0.1) is 0 Å². The Bertz CT molecular complexity index is 499. The second kappa shape index (κ2) is 7.34. The number of carbonyl (C=O) groups excluding carboxylic acids is 1. The quantitative estimate of drug-likeness (QED) is 0.840. The summed E-state index contributed by atoms with van der Waals surface area (Å²) in [5, 5.41) is 3.52. The van der Waals surface area contributed by atoms with Crippen LogP contribution in [0.1, 0.15) is 32.6 Å². The van der Waals surface area contributed by atoms with E-state index in [1.807, 2.05) is 0 Å². The van der Waals surface area contributed by atoms with Gasteiger partial charge in [0, 0.05) is 11.6 Å². The first kappa shape index (κ1) is 14.9. The maximum atomic E-state index is 12.0. The smallest absolute Gasteiger partial charge is 0.261 e. The van der Waals surface area contributed by atoms with Gasteiger partial charge >= 0.3 is 0 Å². The summed E-state index contributed by atoms with van der Waals surface area (Å²) in [5.74, 6) is 0.508. The average molecular weight is 294 g/mol. The zero-order valence-electron chi connectivity index (χ0n) is 11.7. The van der Waals surface area contributed by atoms with Gasteiger partial charge in [-0.1, -0.05) is 29.3 Å². The molecular weight excluding hydrogens is 274 g/mol. The van der Waals surface area contributed by atoms with Crippen LogP contribution < -0.4 is 10.1 Å². The van der Waals surface area contributed by atoms with Crippen molar-refractivity contribution in [2.45, 2.75) is 38.7 Å². The van der Waals surface area contributed by atoms with Gasteiger partial charge in [0.2, 0.25) is 0 Å². The monoisotopic (exact) mass is 293 g/mol. The number of rotatable bonds is 5. The maximum Gasteiger partial charge on any atom is 0.261 e. The molecule has 2 rings (SSSR count). The molecule has 20 heavy (non-hydrogen) atoms. The highest BCUT2D eigenvalue weighted by Crippen LogP contribution is 2.19. The van der Waals surface area contributed by atoms with E-state index in [9.17, 15) is 4.79 Å². The van der Waals surface area contributed by atoms with Crippen molar-refractivity contribution in [2.24, 2.45) is 0 Å². The van der Waals surface area contributed by atoms with E-state index < -0.39 is 6.10 Å². The van der Waals surface area contributed by atoms with Crippen LogP contribution in [0.15, 0.2) is 35.9 Å². The first-order valence-corrected chi connectivity index (χ1v) is 7.41. The van der Waals surface area contributed by atoms with Crippen LogP contribution in [0.25, 0.3) is 0 Å². The number of hydrogen-bond donors (Lipinski definition) is 1. The van der Waals surface area contributed by atoms with Crippen LogP contribution in [0.4, 0.5) is 0 Å². The second-order valence-electron chi connectivity index (χ2n) is 5.04. The number of halogens is 1. The van der Waals surface area contributed by atoms with Gasteiger partial charge < -0.3 is 10.1 Å². The van der Waals surface area contributed by atoms with Crippen LogP contribution in [-0.2, 0) is 4.79 Å². The Kier molecular flexibility index (Phi) is 5.48. The number of nitrogens with one attached hydrogen (secondary N) is 1. The third-order valence-electron chi connectivity index (χ3n) is 3.35. The SMILES string of the molecule is C[C@@H](Oc1cccc(Cl)c1)C(=O)NCC1=CCCCC1. The fourth-order valence-electron chi connectivity index (χ4n) is 2.21. The molecule has 1 N–H and O–H groups in total. The Balaban J connectivity index is 1.81. The van der Waals surface area contributed by atoms with Crippen LogP contribution in [0, 0.1) is 0 Å². The zero-order chi connectivity index (χ0) is 14.4. The lowest BCUT2D eigenvalue weighted by atomic mass is 10.00. The Morgan fingerprint density at radius 2 is 2.30 bits per heavy atom. The molecule has 1 aromatic carbocycles. The predicted octanol–water partition coefficient (Wildman–Crippen LogP) is 3.72. The summed E-state index contributed by atoms with van der Waals surface area (Å²) in [4.78, 5) is 12.0. The van der Waals surface area contributed by atoms with Gasteiger partial charge in [0.05, 0.1) is 0 Å². The largest absolute Gasteiger partial charge is 0.481 e. The van der Waals surface area contributed by atoms with E-state index in [0.717, 1.165) is 12.8 Å². The van der Waals surface area contributed by atoms with Crippen molar-refractivity contribution in [1.82, 2.24) is 5.32 Å². The van der Waals surface area contributed by atoms with E-state index >= 15 is 0 Å². The fourth-order valence-corrected chi connectivity index (χ4v) is 2.39. The Morgan fingerprint density at radius 1 is 1.45 bits per heavy atom. The van der Waals surface area contributed by atoms with Crippen molar-refractivity contribution in [3.8, 4) is 5.75 Å². The topological polar surface area (TPSA) is 38.3 Å². The molecule has 1 aromatic rings. The molecule has 0 aromatic heterocycles. The summed E-state index contributed by atoms with van der Waals surface area (Å²) >= 11 is 5.88. The lowest BCUT2D eigenvalue weighted by Gasteiger charge is -2.17. The highest BCUT2D eigenvalue weighted by molar-refractivity contribution is 6.30. The molecule has 3 nitrogen and oxygen atoms in total. The molecule has 0 saturated heterocycles. The van der Waals surface area contributed by atoms with Gasteiger partial charge in [-0.3, -0.25) is 4.79 Å². The average Bonchev–Trinajstić information content (AvgIpc) is 2.46. The third-order valence-corrected chi connectivity index (χ3v) is 3.59. The predicted molar refractivity (Wildman–Crippen MR) is 81.1 cm³/mol. The molecule has 0 fully saturated rings. The highest BCUT2D eigenvalue weighted by atomic mass is 35.5. The van der Waals surface area contributed by atoms with Crippen molar-refractivity contribution in [3.63, 3.8) is 0 Å². The lowest BCUT2D eigenvalue weighted by molar-refractivity contribution is -0.127. The van der Waals surface area contributed by atoms with Crippen LogP contribution in [0.2, 0.25) is 5.02 Å². The van der Waals surface area contributed by atoms with E-state index in [2.05, 4.69) is 11.4 Å². The molecule has 0 heterocycles. The number of hydrogen-bond acceptors (Lipinski definition) is 2. The molecule has 1 atom stereocenters. The molecule has 0 bridgehead atoms. The lowest BCUT2D eigenvalue weighted by Crippen LogP contribution is -2.37. The van der Waals surface area contributed by atoms with E-state index in [0.29, 0.717) is 17.3 Å². The van der Waals surface area contributed by atoms with Gasteiger partial charge in [0.15, 0.2) is 6.10 Å². The summed E-state index contributed by atoms with van der Waals surface area (Å²) in [7, 11) is 0. The fraction of sp³-hybridized carbons (Fsp3) is 0.438. The van der Waals surface area contributed by atoms with Gasteiger partial charge in [-0.25, -0.2) is 0 Å². The minimum Gasteiger partial charge on any atom is -0.481 e. The maximum absolute atomic E-state index is 12.0. The van der Waals surface area contributed by atoms with E-state index in [1.165, 1.54) is 18.4 Å². The second-order valence-corrected chi connectivity index (χ2v) is 5.48. The molecule has 1 aliphatic rings. The first-order chi connectivity index (χ1) is 9.65. The van der Waals surface area contributed by atoms with Crippen molar-refractivity contribution in [1.29, 1.82) is 0 Å². The molecular formula is C16H20ClNO2. The Morgan fingerprint density at radius 3 is 3.00 bits per heavy atom. The molecule has 1 amide bonds.